The molecular formula is C20H21N3O3S2. The van der Waals surface area contributed by atoms with E-state index in [9.17, 15) is 13.2 Å². The minimum atomic E-state index is -3.08. The van der Waals surface area contributed by atoms with Crippen molar-refractivity contribution in [1.82, 2.24) is 15.3 Å². The Labute approximate surface area is 168 Å². The molecule has 0 aliphatic carbocycles. The molecule has 0 spiro atoms. The topological polar surface area (TPSA) is 89.0 Å². The highest BCUT2D eigenvalue weighted by Gasteiger charge is 2.08. The third-order valence-electron chi connectivity index (χ3n) is 4.03. The standard InChI is InChI=1S/C20H21N3O3S2/c1-28(25,26)14-15-4-6-17(7-5-15)20(24)22-10-2-3-19-23-18(13-27-19)16-8-11-21-12-9-16/h4-9,11-13H,2-3,10,14H2,1H3,(H,22,24). The quantitative estimate of drug-likeness (QED) is 0.571. The summed E-state index contributed by atoms with van der Waals surface area (Å²) in [6.45, 7) is 0.550. The van der Waals surface area contributed by atoms with E-state index >= 15 is 0 Å². The van der Waals surface area contributed by atoms with Gasteiger partial charge in [-0.05, 0) is 36.2 Å². The van der Waals surface area contributed by atoms with E-state index in [1.54, 1.807) is 48.0 Å². The van der Waals surface area contributed by atoms with E-state index in [4.69, 9.17) is 0 Å². The molecule has 28 heavy (non-hydrogen) atoms. The van der Waals surface area contributed by atoms with Crippen LogP contribution in [0.25, 0.3) is 11.3 Å². The number of rotatable bonds is 8. The minimum Gasteiger partial charge on any atom is -0.352 e. The maximum Gasteiger partial charge on any atom is 0.251 e. The van der Waals surface area contributed by atoms with E-state index < -0.39 is 9.84 Å². The summed E-state index contributed by atoms with van der Waals surface area (Å²) in [5.41, 5.74) is 3.19. The fourth-order valence-corrected chi connectivity index (χ4v) is 4.33. The molecule has 3 rings (SSSR count). The lowest BCUT2D eigenvalue weighted by Crippen LogP contribution is -2.24. The van der Waals surface area contributed by atoms with Gasteiger partial charge in [-0.1, -0.05) is 12.1 Å². The number of hydrogen-bond donors (Lipinski definition) is 1. The predicted molar refractivity (Wildman–Crippen MR) is 111 cm³/mol. The Morgan fingerprint density at radius 2 is 1.82 bits per heavy atom. The van der Waals surface area contributed by atoms with Gasteiger partial charge in [0.05, 0.1) is 16.5 Å². The zero-order valence-corrected chi connectivity index (χ0v) is 17.1. The van der Waals surface area contributed by atoms with Gasteiger partial charge < -0.3 is 5.32 Å². The van der Waals surface area contributed by atoms with Crippen molar-refractivity contribution in [2.45, 2.75) is 18.6 Å². The second-order valence-corrected chi connectivity index (χ2v) is 9.57. The molecule has 1 amide bonds. The number of nitrogens with zero attached hydrogens (tertiary/aromatic N) is 2. The monoisotopic (exact) mass is 415 g/mol. The Morgan fingerprint density at radius 3 is 2.50 bits per heavy atom. The normalized spacial score (nSPS) is 11.3. The Bertz CT molecular complexity index is 1030. The lowest BCUT2D eigenvalue weighted by molar-refractivity contribution is 0.0953. The highest BCUT2D eigenvalue weighted by Crippen LogP contribution is 2.21. The van der Waals surface area contributed by atoms with Crippen molar-refractivity contribution in [1.29, 1.82) is 0 Å². The molecule has 0 aliphatic heterocycles. The number of sulfone groups is 1. The summed E-state index contributed by atoms with van der Waals surface area (Å²) in [7, 11) is -3.08. The van der Waals surface area contributed by atoms with E-state index in [1.165, 1.54) is 6.26 Å². The molecule has 146 valence electrons. The number of carbonyl (C=O) groups excluding carboxylic acids is 1. The first kappa shape index (κ1) is 20.2. The summed E-state index contributed by atoms with van der Waals surface area (Å²) in [4.78, 5) is 20.8. The largest absolute Gasteiger partial charge is 0.352 e. The average molecular weight is 416 g/mol. The Hall–Kier alpha value is -2.58. The summed E-state index contributed by atoms with van der Waals surface area (Å²) < 4.78 is 22.6. The lowest BCUT2D eigenvalue weighted by atomic mass is 10.1. The summed E-state index contributed by atoms with van der Waals surface area (Å²) in [6, 6.07) is 10.5. The van der Waals surface area contributed by atoms with E-state index in [0.29, 0.717) is 17.7 Å². The van der Waals surface area contributed by atoms with Crippen LogP contribution in [0.5, 0.6) is 0 Å². The van der Waals surface area contributed by atoms with Gasteiger partial charge >= 0.3 is 0 Å². The molecule has 0 atom stereocenters. The van der Waals surface area contributed by atoms with Crippen LogP contribution in [-0.4, -0.2) is 37.1 Å². The van der Waals surface area contributed by atoms with Crippen molar-refractivity contribution in [3.05, 3.63) is 70.3 Å². The molecule has 0 saturated carbocycles. The molecule has 1 aromatic carbocycles. The molecule has 3 aromatic rings. The lowest BCUT2D eigenvalue weighted by Gasteiger charge is -2.06. The van der Waals surface area contributed by atoms with Crippen LogP contribution in [0.4, 0.5) is 0 Å². The van der Waals surface area contributed by atoms with Crippen molar-refractivity contribution in [2.24, 2.45) is 0 Å². The van der Waals surface area contributed by atoms with E-state index in [2.05, 4.69) is 15.3 Å². The number of thiazole rings is 1. The Morgan fingerprint density at radius 1 is 1.11 bits per heavy atom. The third kappa shape index (κ3) is 5.97. The molecule has 0 saturated heterocycles. The van der Waals surface area contributed by atoms with E-state index in [0.717, 1.165) is 29.1 Å². The van der Waals surface area contributed by atoms with Gasteiger partial charge in [-0.25, -0.2) is 13.4 Å². The maximum atomic E-state index is 12.2. The van der Waals surface area contributed by atoms with Crippen LogP contribution in [-0.2, 0) is 22.0 Å². The van der Waals surface area contributed by atoms with E-state index in [1.807, 2.05) is 17.5 Å². The number of amides is 1. The zero-order valence-electron chi connectivity index (χ0n) is 15.5. The minimum absolute atomic E-state index is 0.0236. The van der Waals surface area contributed by atoms with Gasteiger partial charge in [-0.2, -0.15) is 0 Å². The maximum absolute atomic E-state index is 12.2. The van der Waals surface area contributed by atoms with Crippen LogP contribution in [0.1, 0.15) is 27.3 Å². The molecule has 1 N–H and O–H groups in total. The Balaban J connectivity index is 1.45. The summed E-state index contributed by atoms with van der Waals surface area (Å²) >= 11 is 1.61. The van der Waals surface area contributed by atoms with Crippen molar-refractivity contribution in [3.63, 3.8) is 0 Å². The van der Waals surface area contributed by atoms with E-state index in [-0.39, 0.29) is 11.7 Å². The summed E-state index contributed by atoms with van der Waals surface area (Å²) in [6.07, 6.45) is 6.27. The number of nitrogens with one attached hydrogen (secondary N) is 1. The molecule has 2 aromatic heterocycles. The van der Waals surface area contributed by atoms with Gasteiger partial charge in [0.25, 0.3) is 5.91 Å². The first-order valence-electron chi connectivity index (χ1n) is 8.80. The number of hydrogen-bond acceptors (Lipinski definition) is 6. The molecule has 0 fully saturated rings. The molecule has 6 nitrogen and oxygen atoms in total. The number of aromatic nitrogens is 2. The number of carbonyl (C=O) groups is 1. The number of aryl methyl sites for hydroxylation is 1. The summed E-state index contributed by atoms with van der Waals surface area (Å²) in [5, 5.41) is 5.95. The molecule has 8 heteroatoms. The molecule has 0 radical (unpaired) electrons. The second kappa shape index (κ2) is 9.07. The Kier molecular flexibility index (Phi) is 6.53. The van der Waals surface area contributed by atoms with Gasteiger partial charge in [0.1, 0.15) is 0 Å². The van der Waals surface area contributed by atoms with Gasteiger partial charge in [-0.3, -0.25) is 9.78 Å². The zero-order chi connectivity index (χ0) is 20.0. The molecular weight excluding hydrogens is 394 g/mol. The van der Waals surface area contributed by atoms with Crippen molar-refractivity contribution >= 4 is 27.1 Å². The van der Waals surface area contributed by atoms with Crippen molar-refractivity contribution < 1.29 is 13.2 Å². The highest BCUT2D eigenvalue weighted by molar-refractivity contribution is 7.89. The van der Waals surface area contributed by atoms with Gasteiger partial charge in [0.15, 0.2) is 9.84 Å². The second-order valence-electron chi connectivity index (χ2n) is 6.49. The van der Waals surface area contributed by atoms with Gasteiger partial charge in [0.2, 0.25) is 0 Å². The van der Waals surface area contributed by atoms with Crippen LogP contribution in [0.3, 0.4) is 0 Å². The number of benzene rings is 1. The molecule has 0 unspecified atom stereocenters. The number of pyridine rings is 1. The SMILES string of the molecule is CS(=O)(=O)Cc1ccc(C(=O)NCCCc2nc(-c3ccncc3)cs2)cc1. The first-order chi connectivity index (χ1) is 13.4. The third-order valence-corrected chi connectivity index (χ3v) is 5.79. The van der Waals surface area contributed by atoms with Crippen LogP contribution >= 0.6 is 11.3 Å². The summed E-state index contributed by atoms with van der Waals surface area (Å²) in [5.74, 6) is -0.188. The van der Waals surface area contributed by atoms with Crippen molar-refractivity contribution in [2.75, 3.05) is 12.8 Å². The smallest absolute Gasteiger partial charge is 0.251 e. The predicted octanol–water partition coefficient (Wildman–Crippen LogP) is 3.11. The fourth-order valence-electron chi connectivity index (χ4n) is 2.68. The molecule has 2 heterocycles. The highest BCUT2D eigenvalue weighted by atomic mass is 32.2. The van der Waals surface area contributed by atoms with Crippen LogP contribution in [0.15, 0.2) is 54.2 Å². The van der Waals surface area contributed by atoms with Crippen LogP contribution in [0.2, 0.25) is 0 Å². The van der Waals surface area contributed by atoms with Crippen LogP contribution in [0, 0.1) is 0 Å². The van der Waals surface area contributed by atoms with Crippen LogP contribution < -0.4 is 5.32 Å². The fraction of sp³-hybridized carbons (Fsp3) is 0.250. The first-order valence-corrected chi connectivity index (χ1v) is 11.7. The average Bonchev–Trinajstić information content (AvgIpc) is 3.14. The molecule has 0 bridgehead atoms. The van der Waals surface area contributed by atoms with Gasteiger partial charge in [0, 0.05) is 48.1 Å². The van der Waals surface area contributed by atoms with Crippen molar-refractivity contribution in [3.8, 4) is 11.3 Å². The molecule has 0 aliphatic rings. The van der Waals surface area contributed by atoms with Gasteiger partial charge in [-0.15, -0.1) is 11.3 Å².